The molecule has 0 aliphatic heterocycles. The van der Waals surface area contributed by atoms with Gasteiger partial charge in [0.15, 0.2) is 0 Å². The molecule has 3 aromatic carbocycles. The standard InChI is InChI=1S/C28H30Cl2N2O2S/c1-20(2)17-31-28(34)26(15-21-9-5-3-6-10-21)32(18-22-13-14-23(29)16-25(22)30)27(33)19-35-24-11-7-4-8-12-24/h3-14,16,20,26H,15,17-19H2,1-2H3,(H,31,34). The van der Waals surface area contributed by atoms with Crippen LogP contribution in [0.5, 0.6) is 0 Å². The summed E-state index contributed by atoms with van der Waals surface area (Å²) in [6, 6.07) is 24.0. The maximum Gasteiger partial charge on any atom is 0.243 e. The number of nitrogens with one attached hydrogen (secondary N) is 1. The Morgan fingerprint density at radius 2 is 1.60 bits per heavy atom. The molecule has 0 radical (unpaired) electrons. The van der Waals surface area contributed by atoms with Gasteiger partial charge in [0.1, 0.15) is 6.04 Å². The molecule has 4 nitrogen and oxygen atoms in total. The third-order valence-corrected chi connectivity index (χ3v) is 7.00. The molecule has 0 bridgehead atoms. The SMILES string of the molecule is CC(C)CNC(=O)C(Cc1ccccc1)N(Cc1ccc(Cl)cc1Cl)C(=O)CSc1ccccc1. The lowest BCUT2D eigenvalue weighted by Gasteiger charge is -2.32. The summed E-state index contributed by atoms with van der Waals surface area (Å²) in [5.41, 5.74) is 1.72. The van der Waals surface area contributed by atoms with Crippen LogP contribution in [0.2, 0.25) is 10.0 Å². The average Bonchev–Trinajstić information content (AvgIpc) is 2.85. The van der Waals surface area contributed by atoms with Crippen molar-refractivity contribution in [2.45, 2.75) is 37.8 Å². The first-order valence-electron chi connectivity index (χ1n) is 11.6. The average molecular weight is 530 g/mol. The van der Waals surface area contributed by atoms with E-state index in [1.807, 2.05) is 74.5 Å². The Morgan fingerprint density at radius 1 is 0.943 bits per heavy atom. The number of hydrogen-bond acceptors (Lipinski definition) is 3. The molecule has 0 aliphatic rings. The Labute approximate surface area is 222 Å². The Kier molecular flexibility index (Phi) is 10.5. The van der Waals surface area contributed by atoms with Crippen molar-refractivity contribution >= 4 is 46.8 Å². The van der Waals surface area contributed by atoms with Crippen molar-refractivity contribution in [1.82, 2.24) is 10.2 Å². The van der Waals surface area contributed by atoms with Gasteiger partial charge in [-0.25, -0.2) is 0 Å². The Balaban J connectivity index is 1.92. The van der Waals surface area contributed by atoms with E-state index < -0.39 is 6.04 Å². The summed E-state index contributed by atoms with van der Waals surface area (Å²) in [7, 11) is 0. The second-order valence-electron chi connectivity index (χ2n) is 8.70. The number of carbonyl (C=O) groups is 2. The molecule has 0 fully saturated rings. The Morgan fingerprint density at radius 3 is 2.23 bits per heavy atom. The van der Waals surface area contributed by atoms with Crippen molar-refractivity contribution in [3.8, 4) is 0 Å². The van der Waals surface area contributed by atoms with Crippen molar-refractivity contribution in [1.29, 1.82) is 0 Å². The van der Waals surface area contributed by atoms with Crippen LogP contribution in [0.15, 0.2) is 83.8 Å². The van der Waals surface area contributed by atoms with E-state index >= 15 is 0 Å². The maximum atomic E-state index is 13.6. The van der Waals surface area contributed by atoms with Crippen LogP contribution in [0.4, 0.5) is 0 Å². The molecule has 3 rings (SSSR count). The molecule has 0 spiro atoms. The lowest BCUT2D eigenvalue weighted by atomic mass is 10.0. The summed E-state index contributed by atoms with van der Waals surface area (Å²) in [6.45, 7) is 4.82. The number of amides is 2. The third-order valence-electron chi connectivity index (χ3n) is 5.42. The third kappa shape index (κ3) is 8.60. The summed E-state index contributed by atoms with van der Waals surface area (Å²) >= 11 is 14.0. The number of benzene rings is 3. The molecule has 1 atom stereocenters. The second-order valence-corrected chi connectivity index (χ2v) is 10.6. The van der Waals surface area contributed by atoms with Gasteiger partial charge in [-0.15, -0.1) is 11.8 Å². The van der Waals surface area contributed by atoms with E-state index in [0.717, 1.165) is 16.0 Å². The molecular weight excluding hydrogens is 499 g/mol. The highest BCUT2D eigenvalue weighted by Crippen LogP contribution is 2.25. The van der Waals surface area contributed by atoms with E-state index in [1.165, 1.54) is 11.8 Å². The van der Waals surface area contributed by atoms with Crippen molar-refractivity contribution in [2.75, 3.05) is 12.3 Å². The van der Waals surface area contributed by atoms with Crippen LogP contribution in [0, 0.1) is 5.92 Å². The highest BCUT2D eigenvalue weighted by molar-refractivity contribution is 8.00. The Hall–Kier alpha value is -2.47. The zero-order valence-corrected chi connectivity index (χ0v) is 22.2. The number of rotatable bonds is 11. The van der Waals surface area contributed by atoms with Crippen molar-refractivity contribution in [2.24, 2.45) is 5.92 Å². The number of thioether (sulfide) groups is 1. The van der Waals surface area contributed by atoms with Crippen LogP contribution in [0.25, 0.3) is 0 Å². The highest BCUT2D eigenvalue weighted by Gasteiger charge is 2.30. The molecule has 2 amide bonds. The zero-order chi connectivity index (χ0) is 25.2. The summed E-state index contributed by atoms with van der Waals surface area (Å²) in [6.07, 6.45) is 0.401. The predicted octanol–water partition coefficient (Wildman–Crippen LogP) is 6.50. The molecule has 184 valence electrons. The predicted molar refractivity (Wildman–Crippen MR) is 146 cm³/mol. The van der Waals surface area contributed by atoms with Crippen LogP contribution in [-0.4, -0.2) is 35.1 Å². The number of carbonyl (C=O) groups excluding carboxylic acids is 2. The van der Waals surface area contributed by atoms with Gasteiger partial charge in [-0.05, 0) is 41.3 Å². The number of hydrogen-bond donors (Lipinski definition) is 1. The molecule has 1 unspecified atom stereocenters. The van der Waals surface area contributed by atoms with Gasteiger partial charge in [-0.1, -0.05) is 91.6 Å². The highest BCUT2D eigenvalue weighted by atomic mass is 35.5. The summed E-state index contributed by atoms with van der Waals surface area (Å²) < 4.78 is 0. The van der Waals surface area contributed by atoms with Gasteiger partial charge in [0.25, 0.3) is 0 Å². The number of halogens is 2. The minimum absolute atomic E-state index is 0.134. The fourth-order valence-corrected chi connectivity index (χ4v) is 4.83. The molecule has 0 saturated heterocycles. The van der Waals surface area contributed by atoms with Gasteiger partial charge < -0.3 is 10.2 Å². The normalized spacial score (nSPS) is 11.8. The first-order chi connectivity index (χ1) is 16.8. The van der Waals surface area contributed by atoms with E-state index in [9.17, 15) is 9.59 Å². The topological polar surface area (TPSA) is 49.4 Å². The van der Waals surface area contributed by atoms with Gasteiger partial charge in [0, 0.05) is 34.5 Å². The molecule has 3 aromatic rings. The second kappa shape index (κ2) is 13.6. The molecule has 0 heterocycles. The molecule has 1 N–H and O–H groups in total. The first-order valence-corrected chi connectivity index (χ1v) is 13.3. The van der Waals surface area contributed by atoms with Crippen LogP contribution in [-0.2, 0) is 22.6 Å². The summed E-state index contributed by atoms with van der Waals surface area (Å²) in [5.74, 6) is 0.189. The van der Waals surface area contributed by atoms with Crippen LogP contribution in [0.3, 0.4) is 0 Å². The Bertz CT molecular complexity index is 1110. The molecule has 0 aliphatic carbocycles. The molecule has 35 heavy (non-hydrogen) atoms. The lowest BCUT2D eigenvalue weighted by molar-refractivity contribution is -0.139. The van der Waals surface area contributed by atoms with Crippen molar-refractivity contribution < 1.29 is 9.59 Å². The van der Waals surface area contributed by atoms with Gasteiger partial charge in [-0.2, -0.15) is 0 Å². The van der Waals surface area contributed by atoms with E-state index in [1.54, 1.807) is 23.1 Å². The molecule has 0 aromatic heterocycles. The fourth-order valence-electron chi connectivity index (χ4n) is 3.55. The van der Waals surface area contributed by atoms with Gasteiger partial charge in [0.2, 0.25) is 11.8 Å². The molecular formula is C28H30Cl2N2O2S. The van der Waals surface area contributed by atoms with E-state index in [4.69, 9.17) is 23.2 Å². The largest absolute Gasteiger partial charge is 0.354 e. The van der Waals surface area contributed by atoms with Gasteiger partial charge in [0.05, 0.1) is 5.75 Å². The first kappa shape index (κ1) is 27.1. The molecule has 7 heteroatoms. The monoisotopic (exact) mass is 528 g/mol. The smallest absolute Gasteiger partial charge is 0.243 e. The van der Waals surface area contributed by atoms with E-state index in [2.05, 4.69) is 5.32 Å². The summed E-state index contributed by atoms with van der Waals surface area (Å²) in [5, 5.41) is 4.01. The van der Waals surface area contributed by atoms with Crippen LogP contribution < -0.4 is 5.32 Å². The van der Waals surface area contributed by atoms with E-state index in [-0.39, 0.29) is 24.1 Å². The zero-order valence-electron chi connectivity index (χ0n) is 19.9. The van der Waals surface area contributed by atoms with Gasteiger partial charge >= 0.3 is 0 Å². The van der Waals surface area contributed by atoms with Crippen LogP contribution in [0.1, 0.15) is 25.0 Å². The maximum absolute atomic E-state index is 13.6. The van der Waals surface area contributed by atoms with E-state index in [0.29, 0.717) is 28.9 Å². The van der Waals surface area contributed by atoms with Crippen LogP contribution >= 0.6 is 35.0 Å². The quantitative estimate of drug-likeness (QED) is 0.289. The molecule has 0 saturated carbocycles. The van der Waals surface area contributed by atoms with Crippen molar-refractivity contribution in [3.63, 3.8) is 0 Å². The summed E-state index contributed by atoms with van der Waals surface area (Å²) in [4.78, 5) is 29.7. The fraction of sp³-hybridized carbons (Fsp3) is 0.286. The van der Waals surface area contributed by atoms with Crippen molar-refractivity contribution in [3.05, 3.63) is 100 Å². The van der Waals surface area contributed by atoms with Gasteiger partial charge in [-0.3, -0.25) is 9.59 Å². The lowest BCUT2D eigenvalue weighted by Crippen LogP contribution is -2.51. The minimum atomic E-state index is -0.688. The minimum Gasteiger partial charge on any atom is -0.354 e. The number of nitrogens with zero attached hydrogens (tertiary/aromatic N) is 1.